The number of ketones is 1. The molecule has 0 aliphatic heterocycles. The highest BCUT2D eigenvalue weighted by Crippen LogP contribution is 2.18. The summed E-state index contributed by atoms with van der Waals surface area (Å²) in [6.45, 7) is 1.83. The van der Waals surface area contributed by atoms with Crippen LogP contribution >= 0.6 is 0 Å². The van der Waals surface area contributed by atoms with Crippen molar-refractivity contribution in [2.75, 3.05) is 7.11 Å². The first-order valence-corrected chi connectivity index (χ1v) is 5.60. The average Bonchev–Trinajstić information content (AvgIpc) is 2.80. The topological polar surface area (TPSA) is 31.2 Å². The highest BCUT2D eigenvalue weighted by Gasteiger charge is 2.09. The first-order valence-electron chi connectivity index (χ1n) is 5.60. The van der Waals surface area contributed by atoms with Crippen LogP contribution in [0.25, 0.3) is 0 Å². The van der Waals surface area contributed by atoms with Crippen molar-refractivity contribution in [2.45, 2.75) is 13.5 Å². The van der Waals surface area contributed by atoms with Crippen LogP contribution in [0, 0.1) is 5.82 Å². The lowest BCUT2D eigenvalue weighted by Gasteiger charge is -2.09. The Morgan fingerprint density at radius 1 is 1.39 bits per heavy atom. The summed E-state index contributed by atoms with van der Waals surface area (Å²) >= 11 is 0. The standard InChI is InChI=1S/C14H14FNO2/c1-10(17)14-4-3-7-16(14)9-11-5-6-12(18-2)8-13(11)15/h3-8H,9H2,1-2H3. The van der Waals surface area contributed by atoms with E-state index in [0.29, 0.717) is 23.6 Å². The highest BCUT2D eigenvalue weighted by atomic mass is 19.1. The number of aromatic nitrogens is 1. The summed E-state index contributed by atoms with van der Waals surface area (Å²) < 4.78 is 20.5. The van der Waals surface area contributed by atoms with Crippen LogP contribution in [0.3, 0.4) is 0 Å². The van der Waals surface area contributed by atoms with Gasteiger partial charge in [-0.15, -0.1) is 0 Å². The lowest BCUT2D eigenvalue weighted by Crippen LogP contribution is -2.08. The molecule has 0 atom stereocenters. The number of benzene rings is 1. The van der Waals surface area contributed by atoms with Crippen molar-refractivity contribution < 1.29 is 13.9 Å². The maximum atomic E-state index is 13.8. The molecule has 0 aliphatic carbocycles. The van der Waals surface area contributed by atoms with Crippen LogP contribution < -0.4 is 4.74 Å². The molecule has 0 saturated carbocycles. The minimum Gasteiger partial charge on any atom is -0.497 e. The second kappa shape index (κ2) is 5.04. The van der Waals surface area contributed by atoms with Crippen LogP contribution in [0.15, 0.2) is 36.5 Å². The first kappa shape index (κ1) is 12.4. The molecular formula is C14H14FNO2. The van der Waals surface area contributed by atoms with Crippen molar-refractivity contribution in [2.24, 2.45) is 0 Å². The number of ether oxygens (including phenoxy) is 1. The Bertz CT molecular complexity index is 575. The van der Waals surface area contributed by atoms with E-state index in [2.05, 4.69) is 0 Å². The van der Waals surface area contributed by atoms with E-state index < -0.39 is 0 Å². The molecule has 0 unspecified atom stereocenters. The number of methoxy groups -OCH3 is 1. The quantitative estimate of drug-likeness (QED) is 0.778. The maximum absolute atomic E-state index is 13.8. The van der Waals surface area contributed by atoms with Crippen molar-refractivity contribution in [3.05, 3.63) is 53.6 Å². The van der Waals surface area contributed by atoms with Crippen LogP contribution in [0.2, 0.25) is 0 Å². The molecular weight excluding hydrogens is 233 g/mol. The number of nitrogens with zero attached hydrogens (tertiary/aromatic N) is 1. The van der Waals surface area contributed by atoms with E-state index in [4.69, 9.17) is 4.74 Å². The molecule has 1 aromatic carbocycles. The van der Waals surface area contributed by atoms with Gasteiger partial charge in [-0.1, -0.05) is 6.07 Å². The average molecular weight is 247 g/mol. The molecule has 0 fully saturated rings. The molecule has 0 saturated heterocycles. The van der Waals surface area contributed by atoms with E-state index in [-0.39, 0.29) is 11.6 Å². The third-order valence-corrected chi connectivity index (χ3v) is 2.79. The van der Waals surface area contributed by atoms with Crippen molar-refractivity contribution >= 4 is 5.78 Å². The monoisotopic (exact) mass is 247 g/mol. The van der Waals surface area contributed by atoms with Gasteiger partial charge in [-0.3, -0.25) is 4.79 Å². The lowest BCUT2D eigenvalue weighted by molar-refractivity contribution is 0.100. The summed E-state index contributed by atoms with van der Waals surface area (Å²) in [5.74, 6) is 0.113. The molecule has 94 valence electrons. The number of carbonyl (C=O) groups is 1. The molecule has 0 radical (unpaired) electrons. The second-order valence-electron chi connectivity index (χ2n) is 4.03. The van der Waals surface area contributed by atoms with Gasteiger partial charge in [0.15, 0.2) is 5.78 Å². The Morgan fingerprint density at radius 2 is 2.17 bits per heavy atom. The molecule has 2 rings (SSSR count). The molecule has 3 nitrogen and oxygen atoms in total. The fraction of sp³-hybridized carbons (Fsp3) is 0.214. The van der Waals surface area contributed by atoms with Gasteiger partial charge in [-0.05, 0) is 18.2 Å². The van der Waals surface area contributed by atoms with Gasteiger partial charge in [-0.2, -0.15) is 0 Å². The van der Waals surface area contributed by atoms with Gasteiger partial charge < -0.3 is 9.30 Å². The molecule has 0 spiro atoms. The van der Waals surface area contributed by atoms with Gasteiger partial charge in [0.1, 0.15) is 11.6 Å². The number of hydrogen-bond donors (Lipinski definition) is 0. The Labute approximate surface area is 105 Å². The zero-order valence-electron chi connectivity index (χ0n) is 10.3. The Kier molecular flexibility index (Phi) is 3.46. The van der Waals surface area contributed by atoms with E-state index in [1.54, 1.807) is 35.0 Å². The molecule has 0 aliphatic rings. The predicted molar refractivity (Wildman–Crippen MR) is 66.5 cm³/mol. The van der Waals surface area contributed by atoms with Crippen LogP contribution in [-0.2, 0) is 6.54 Å². The molecule has 18 heavy (non-hydrogen) atoms. The van der Waals surface area contributed by atoms with E-state index in [1.807, 2.05) is 0 Å². The third-order valence-electron chi connectivity index (χ3n) is 2.79. The summed E-state index contributed by atoms with van der Waals surface area (Å²) in [6.07, 6.45) is 1.76. The minimum absolute atomic E-state index is 0.0334. The van der Waals surface area contributed by atoms with Gasteiger partial charge in [0.25, 0.3) is 0 Å². The minimum atomic E-state index is -0.336. The number of halogens is 1. The summed E-state index contributed by atoms with van der Waals surface area (Å²) in [5, 5.41) is 0. The maximum Gasteiger partial charge on any atom is 0.176 e. The molecule has 0 N–H and O–H groups in total. The summed E-state index contributed by atoms with van der Waals surface area (Å²) in [5.41, 5.74) is 1.10. The van der Waals surface area contributed by atoms with Gasteiger partial charge in [0.05, 0.1) is 19.3 Å². The number of rotatable bonds is 4. The van der Waals surface area contributed by atoms with E-state index >= 15 is 0 Å². The molecule has 4 heteroatoms. The number of carbonyl (C=O) groups excluding carboxylic acids is 1. The summed E-state index contributed by atoms with van der Waals surface area (Å²) in [6, 6.07) is 8.21. The van der Waals surface area contributed by atoms with Crippen LogP contribution in [0.4, 0.5) is 4.39 Å². The largest absolute Gasteiger partial charge is 0.497 e. The zero-order valence-corrected chi connectivity index (χ0v) is 10.3. The van der Waals surface area contributed by atoms with Crippen molar-refractivity contribution in [3.63, 3.8) is 0 Å². The third kappa shape index (κ3) is 2.42. The van der Waals surface area contributed by atoms with Gasteiger partial charge in [0.2, 0.25) is 0 Å². The molecule has 0 amide bonds. The lowest BCUT2D eigenvalue weighted by atomic mass is 10.2. The summed E-state index contributed by atoms with van der Waals surface area (Å²) in [7, 11) is 1.49. The van der Waals surface area contributed by atoms with Gasteiger partial charge >= 0.3 is 0 Å². The Morgan fingerprint density at radius 3 is 2.78 bits per heavy atom. The molecule has 0 bridgehead atoms. The fourth-order valence-electron chi connectivity index (χ4n) is 1.84. The predicted octanol–water partition coefficient (Wildman–Crippen LogP) is 2.89. The van der Waals surface area contributed by atoms with Crippen molar-refractivity contribution in [3.8, 4) is 5.75 Å². The van der Waals surface area contributed by atoms with Crippen molar-refractivity contribution in [1.82, 2.24) is 4.57 Å². The molecule has 2 aromatic rings. The Balaban J connectivity index is 2.28. The van der Waals surface area contributed by atoms with Gasteiger partial charge in [-0.25, -0.2) is 4.39 Å². The van der Waals surface area contributed by atoms with Crippen LogP contribution in [0.5, 0.6) is 5.75 Å². The fourth-order valence-corrected chi connectivity index (χ4v) is 1.84. The van der Waals surface area contributed by atoms with Crippen LogP contribution in [-0.4, -0.2) is 17.5 Å². The zero-order chi connectivity index (χ0) is 13.1. The smallest absolute Gasteiger partial charge is 0.176 e. The number of Topliss-reactive ketones (excluding diaryl/α,β-unsaturated/α-hetero) is 1. The molecule has 1 aromatic heterocycles. The number of hydrogen-bond acceptors (Lipinski definition) is 2. The van der Waals surface area contributed by atoms with E-state index in [1.165, 1.54) is 20.1 Å². The summed E-state index contributed by atoms with van der Waals surface area (Å²) in [4.78, 5) is 11.4. The van der Waals surface area contributed by atoms with Crippen LogP contribution in [0.1, 0.15) is 23.0 Å². The SMILES string of the molecule is COc1ccc(Cn2cccc2C(C)=O)c(F)c1. The van der Waals surface area contributed by atoms with Crippen molar-refractivity contribution in [1.29, 1.82) is 0 Å². The van der Waals surface area contributed by atoms with E-state index in [9.17, 15) is 9.18 Å². The highest BCUT2D eigenvalue weighted by molar-refractivity contribution is 5.92. The van der Waals surface area contributed by atoms with E-state index in [0.717, 1.165) is 0 Å². The normalized spacial score (nSPS) is 10.4. The molecule has 1 heterocycles. The first-order chi connectivity index (χ1) is 8.61. The van der Waals surface area contributed by atoms with Gasteiger partial charge in [0, 0.05) is 24.8 Å². The Hall–Kier alpha value is -2.10. The second-order valence-corrected chi connectivity index (χ2v) is 4.03.